The first kappa shape index (κ1) is 11.9. The van der Waals surface area contributed by atoms with Gasteiger partial charge < -0.3 is 10.2 Å². The van der Waals surface area contributed by atoms with Crippen LogP contribution in [0, 0.1) is 17.2 Å². The highest BCUT2D eigenvalue weighted by atomic mass is 15.1. The summed E-state index contributed by atoms with van der Waals surface area (Å²) in [4.78, 5) is 6.24. The first-order valence-corrected chi connectivity index (χ1v) is 6.08. The standard InChI is InChI=1S/C13H18N4/c1-17(10-11-4-2-6-15-9-11)13-5-3-7-16-12(13)8-14/h3,5,7,11,15H,2,4,6,9-10H2,1H3. The van der Waals surface area contributed by atoms with E-state index in [4.69, 9.17) is 5.26 Å². The molecule has 1 fully saturated rings. The monoisotopic (exact) mass is 230 g/mol. The van der Waals surface area contributed by atoms with Crippen molar-refractivity contribution in [3.63, 3.8) is 0 Å². The molecule has 2 heterocycles. The van der Waals surface area contributed by atoms with Crippen molar-refractivity contribution in [2.75, 3.05) is 31.6 Å². The highest BCUT2D eigenvalue weighted by molar-refractivity contribution is 5.55. The second-order valence-electron chi connectivity index (χ2n) is 4.58. The fraction of sp³-hybridized carbons (Fsp3) is 0.538. The largest absolute Gasteiger partial charge is 0.372 e. The van der Waals surface area contributed by atoms with Gasteiger partial charge in [-0.05, 0) is 44.0 Å². The molecule has 1 aliphatic rings. The minimum Gasteiger partial charge on any atom is -0.372 e. The summed E-state index contributed by atoms with van der Waals surface area (Å²) in [5.74, 6) is 0.667. The third-order valence-electron chi connectivity index (χ3n) is 3.23. The lowest BCUT2D eigenvalue weighted by molar-refractivity contribution is 0.381. The molecule has 0 aliphatic carbocycles. The van der Waals surface area contributed by atoms with E-state index < -0.39 is 0 Å². The molecule has 1 atom stereocenters. The third-order valence-corrected chi connectivity index (χ3v) is 3.23. The van der Waals surface area contributed by atoms with Crippen LogP contribution in [-0.4, -0.2) is 31.7 Å². The predicted molar refractivity (Wildman–Crippen MR) is 67.8 cm³/mol. The summed E-state index contributed by atoms with van der Waals surface area (Å²) in [5.41, 5.74) is 1.44. The first-order valence-electron chi connectivity index (χ1n) is 6.08. The number of anilines is 1. The number of nitriles is 1. The quantitative estimate of drug-likeness (QED) is 0.852. The average molecular weight is 230 g/mol. The molecule has 17 heavy (non-hydrogen) atoms. The molecule has 4 nitrogen and oxygen atoms in total. The van der Waals surface area contributed by atoms with Gasteiger partial charge in [0, 0.05) is 19.8 Å². The average Bonchev–Trinajstić information content (AvgIpc) is 2.40. The number of piperidine rings is 1. The van der Waals surface area contributed by atoms with Crippen LogP contribution in [0.15, 0.2) is 18.3 Å². The Morgan fingerprint density at radius 3 is 3.24 bits per heavy atom. The second kappa shape index (κ2) is 5.65. The summed E-state index contributed by atoms with van der Waals surface area (Å²) in [5, 5.41) is 12.4. The Morgan fingerprint density at radius 2 is 2.53 bits per heavy atom. The van der Waals surface area contributed by atoms with Crippen LogP contribution in [0.25, 0.3) is 0 Å². The molecule has 1 aliphatic heterocycles. The van der Waals surface area contributed by atoms with Crippen LogP contribution < -0.4 is 10.2 Å². The molecule has 90 valence electrons. The number of pyridine rings is 1. The molecule has 0 amide bonds. The van der Waals surface area contributed by atoms with E-state index in [0.29, 0.717) is 11.6 Å². The number of aromatic nitrogens is 1. The van der Waals surface area contributed by atoms with Crippen molar-refractivity contribution < 1.29 is 0 Å². The van der Waals surface area contributed by atoms with E-state index >= 15 is 0 Å². The van der Waals surface area contributed by atoms with Crippen molar-refractivity contribution in [3.8, 4) is 6.07 Å². The van der Waals surface area contributed by atoms with E-state index in [-0.39, 0.29) is 0 Å². The van der Waals surface area contributed by atoms with Gasteiger partial charge in [0.25, 0.3) is 0 Å². The molecule has 2 rings (SSSR count). The number of rotatable bonds is 3. The minimum absolute atomic E-state index is 0.513. The van der Waals surface area contributed by atoms with Crippen LogP contribution in [-0.2, 0) is 0 Å². The number of hydrogen-bond donors (Lipinski definition) is 1. The Labute approximate surface area is 102 Å². The molecular weight excluding hydrogens is 212 g/mol. The summed E-state index contributed by atoms with van der Waals surface area (Å²) >= 11 is 0. The molecule has 0 bridgehead atoms. The summed E-state index contributed by atoms with van der Waals surface area (Å²) in [6.45, 7) is 3.19. The van der Waals surface area contributed by atoms with E-state index in [1.54, 1.807) is 6.20 Å². The van der Waals surface area contributed by atoms with E-state index in [0.717, 1.165) is 25.3 Å². The molecule has 1 saturated heterocycles. The Hall–Kier alpha value is -1.60. The lowest BCUT2D eigenvalue weighted by Gasteiger charge is -2.29. The van der Waals surface area contributed by atoms with E-state index in [2.05, 4.69) is 21.3 Å². The van der Waals surface area contributed by atoms with Gasteiger partial charge in [-0.25, -0.2) is 4.98 Å². The summed E-state index contributed by atoms with van der Waals surface area (Å²) in [6, 6.07) is 5.99. The minimum atomic E-state index is 0.513. The maximum absolute atomic E-state index is 9.02. The molecule has 1 N–H and O–H groups in total. The van der Waals surface area contributed by atoms with Crippen LogP contribution in [0.3, 0.4) is 0 Å². The lowest BCUT2D eigenvalue weighted by atomic mass is 9.99. The van der Waals surface area contributed by atoms with Gasteiger partial charge in [0.05, 0.1) is 5.69 Å². The maximum atomic E-state index is 9.02. The smallest absolute Gasteiger partial charge is 0.163 e. The zero-order chi connectivity index (χ0) is 12.1. The lowest BCUT2D eigenvalue weighted by Crippen LogP contribution is -2.37. The fourth-order valence-electron chi connectivity index (χ4n) is 2.36. The summed E-state index contributed by atoms with van der Waals surface area (Å²) in [6.07, 6.45) is 4.17. The molecule has 0 aromatic carbocycles. The normalized spacial score (nSPS) is 19.6. The maximum Gasteiger partial charge on any atom is 0.163 e. The van der Waals surface area contributed by atoms with Crippen molar-refractivity contribution >= 4 is 5.69 Å². The van der Waals surface area contributed by atoms with Gasteiger partial charge in [-0.15, -0.1) is 0 Å². The van der Waals surface area contributed by atoms with Crippen molar-refractivity contribution in [1.29, 1.82) is 5.26 Å². The number of hydrogen-bond acceptors (Lipinski definition) is 4. The SMILES string of the molecule is CN(CC1CCCNC1)c1cccnc1C#N. The van der Waals surface area contributed by atoms with Gasteiger partial charge in [-0.2, -0.15) is 5.26 Å². The molecule has 1 aromatic rings. The Balaban J connectivity index is 2.03. The Kier molecular flexibility index (Phi) is 3.94. The predicted octanol–water partition coefficient (Wildman–Crippen LogP) is 1.39. The van der Waals surface area contributed by atoms with Crippen molar-refractivity contribution in [3.05, 3.63) is 24.0 Å². The zero-order valence-electron chi connectivity index (χ0n) is 10.2. The van der Waals surface area contributed by atoms with E-state index in [1.807, 2.05) is 19.2 Å². The van der Waals surface area contributed by atoms with Gasteiger partial charge in [-0.1, -0.05) is 0 Å². The van der Waals surface area contributed by atoms with E-state index in [9.17, 15) is 0 Å². The topological polar surface area (TPSA) is 52.0 Å². The first-order chi connectivity index (χ1) is 8.31. The fourth-order valence-corrected chi connectivity index (χ4v) is 2.36. The number of nitrogens with one attached hydrogen (secondary N) is 1. The van der Waals surface area contributed by atoms with Crippen molar-refractivity contribution in [1.82, 2.24) is 10.3 Å². The van der Waals surface area contributed by atoms with Gasteiger partial charge in [0.15, 0.2) is 5.69 Å². The van der Waals surface area contributed by atoms with Gasteiger partial charge in [0.1, 0.15) is 6.07 Å². The molecule has 1 unspecified atom stereocenters. The molecular formula is C13H18N4. The Bertz CT molecular complexity index is 404. The molecule has 1 aromatic heterocycles. The van der Waals surface area contributed by atoms with Crippen LogP contribution in [0.4, 0.5) is 5.69 Å². The van der Waals surface area contributed by atoms with Crippen LogP contribution in [0.5, 0.6) is 0 Å². The molecule has 4 heteroatoms. The summed E-state index contributed by atoms with van der Waals surface area (Å²) < 4.78 is 0. The van der Waals surface area contributed by atoms with Crippen molar-refractivity contribution in [2.24, 2.45) is 5.92 Å². The molecule has 0 saturated carbocycles. The zero-order valence-corrected chi connectivity index (χ0v) is 10.2. The highest BCUT2D eigenvalue weighted by Gasteiger charge is 2.16. The van der Waals surface area contributed by atoms with Gasteiger partial charge in [0.2, 0.25) is 0 Å². The summed E-state index contributed by atoms with van der Waals surface area (Å²) in [7, 11) is 2.03. The van der Waals surface area contributed by atoms with Gasteiger partial charge >= 0.3 is 0 Å². The van der Waals surface area contributed by atoms with Gasteiger partial charge in [-0.3, -0.25) is 0 Å². The van der Waals surface area contributed by atoms with Crippen LogP contribution in [0.1, 0.15) is 18.5 Å². The number of nitrogens with zero attached hydrogens (tertiary/aromatic N) is 3. The second-order valence-corrected chi connectivity index (χ2v) is 4.58. The molecule has 0 spiro atoms. The molecule has 0 radical (unpaired) electrons. The Morgan fingerprint density at radius 1 is 1.65 bits per heavy atom. The van der Waals surface area contributed by atoms with Crippen LogP contribution >= 0.6 is 0 Å². The van der Waals surface area contributed by atoms with Crippen molar-refractivity contribution in [2.45, 2.75) is 12.8 Å². The third kappa shape index (κ3) is 2.95. The van der Waals surface area contributed by atoms with E-state index in [1.165, 1.54) is 12.8 Å². The van der Waals surface area contributed by atoms with Crippen LogP contribution in [0.2, 0.25) is 0 Å². The highest BCUT2D eigenvalue weighted by Crippen LogP contribution is 2.19.